The quantitative estimate of drug-likeness (QED) is 0.457. The molecule has 0 amide bonds. The van der Waals surface area contributed by atoms with E-state index in [9.17, 15) is 9.90 Å². The Hall–Kier alpha value is -3.78. The van der Waals surface area contributed by atoms with Gasteiger partial charge in [0.25, 0.3) is 0 Å². The Morgan fingerprint density at radius 1 is 1.14 bits per heavy atom. The van der Waals surface area contributed by atoms with Crippen molar-refractivity contribution in [2.75, 3.05) is 0 Å². The molecule has 28 heavy (non-hydrogen) atoms. The average molecular weight is 369 g/mol. The maximum atomic E-state index is 11.9. The molecule has 2 aromatic carbocycles. The van der Waals surface area contributed by atoms with Crippen molar-refractivity contribution < 1.29 is 9.90 Å². The molecule has 2 aromatic heterocycles. The fraction of sp³-hybridized carbons (Fsp3) is 0.130. The van der Waals surface area contributed by atoms with Crippen LogP contribution in [0.25, 0.3) is 38.0 Å². The molecule has 0 atom stereocenters. The topological polar surface area (TPSA) is 62.4 Å². The third-order valence-corrected chi connectivity index (χ3v) is 5.22. The summed E-state index contributed by atoms with van der Waals surface area (Å²) in [4.78, 5) is 18.8. The van der Waals surface area contributed by atoms with Crippen LogP contribution in [0.2, 0.25) is 0 Å². The fourth-order valence-electron chi connectivity index (χ4n) is 3.92. The van der Waals surface area contributed by atoms with Gasteiger partial charge >= 0.3 is 5.97 Å². The van der Waals surface area contributed by atoms with Crippen LogP contribution in [0, 0.1) is 6.57 Å². The maximum Gasteiger partial charge on any atom is 0.351 e. The van der Waals surface area contributed by atoms with Gasteiger partial charge in [0.05, 0.1) is 6.57 Å². The molecule has 138 valence electrons. The Labute approximate surface area is 162 Å². The van der Waals surface area contributed by atoms with Gasteiger partial charge in [-0.25, -0.2) is 9.64 Å². The lowest BCUT2D eigenvalue weighted by atomic mass is 9.97. The molecule has 2 N–H and O–H groups in total. The summed E-state index contributed by atoms with van der Waals surface area (Å²) in [6, 6.07) is 15.9. The van der Waals surface area contributed by atoms with Crippen molar-refractivity contribution in [3.05, 3.63) is 77.5 Å². The van der Waals surface area contributed by atoms with Crippen LogP contribution in [0.5, 0.6) is 0 Å². The number of rotatable bonds is 4. The number of aromatic nitrogens is 2. The second kappa shape index (κ2) is 6.75. The highest BCUT2D eigenvalue weighted by atomic mass is 16.4. The van der Waals surface area contributed by atoms with Gasteiger partial charge in [-0.2, -0.15) is 0 Å². The van der Waals surface area contributed by atoms with E-state index in [-0.39, 0.29) is 5.69 Å². The van der Waals surface area contributed by atoms with Gasteiger partial charge in [-0.15, -0.1) is 0 Å². The first-order valence-electron chi connectivity index (χ1n) is 9.06. The predicted molar refractivity (Wildman–Crippen MR) is 111 cm³/mol. The fourth-order valence-corrected chi connectivity index (χ4v) is 3.92. The number of H-pyrrole nitrogens is 1. The molecule has 0 aliphatic rings. The number of fused-ring (bicyclic) bond motifs is 1. The van der Waals surface area contributed by atoms with Gasteiger partial charge in [-0.1, -0.05) is 43.3 Å². The lowest BCUT2D eigenvalue weighted by Gasteiger charge is -2.08. The minimum Gasteiger partial charge on any atom is -0.477 e. The van der Waals surface area contributed by atoms with E-state index in [4.69, 9.17) is 6.57 Å². The monoisotopic (exact) mass is 369 g/mol. The van der Waals surface area contributed by atoms with Crippen molar-refractivity contribution in [3.8, 4) is 22.3 Å². The Bertz CT molecular complexity index is 1240. The lowest BCUT2D eigenvalue weighted by molar-refractivity contribution is 0.0687. The molecule has 0 radical (unpaired) electrons. The number of aromatic carboxylic acids is 1. The zero-order valence-electron chi connectivity index (χ0n) is 15.7. The van der Waals surface area contributed by atoms with E-state index in [2.05, 4.69) is 15.9 Å². The van der Waals surface area contributed by atoms with Crippen LogP contribution in [0.3, 0.4) is 0 Å². The van der Waals surface area contributed by atoms with Crippen LogP contribution in [0.4, 0.5) is 5.69 Å². The summed E-state index contributed by atoms with van der Waals surface area (Å²) in [6.45, 7) is 9.52. The first-order chi connectivity index (χ1) is 13.6. The molecule has 0 fully saturated rings. The largest absolute Gasteiger partial charge is 0.477 e. The summed E-state index contributed by atoms with van der Waals surface area (Å²) in [7, 11) is 1.71. The Balaban J connectivity index is 1.88. The van der Waals surface area contributed by atoms with Crippen molar-refractivity contribution in [1.82, 2.24) is 9.55 Å². The first kappa shape index (κ1) is 17.6. The summed E-state index contributed by atoms with van der Waals surface area (Å²) in [5.74, 6) is -1.02. The number of benzene rings is 2. The van der Waals surface area contributed by atoms with Gasteiger partial charge in [0, 0.05) is 35.4 Å². The van der Waals surface area contributed by atoms with E-state index in [1.54, 1.807) is 11.6 Å². The van der Waals surface area contributed by atoms with Gasteiger partial charge in [-0.3, -0.25) is 0 Å². The van der Waals surface area contributed by atoms with Crippen molar-refractivity contribution in [1.29, 1.82) is 0 Å². The number of carbonyl (C=O) groups is 1. The van der Waals surface area contributed by atoms with E-state index >= 15 is 0 Å². The number of carboxylic acid groups (broad SMARTS) is 1. The van der Waals surface area contributed by atoms with Crippen LogP contribution in [-0.2, 0) is 13.5 Å². The molecule has 0 aliphatic carbocycles. The van der Waals surface area contributed by atoms with Gasteiger partial charge in [0.2, 0.25) is 5.69 Å². The standard InChI is InChI=1S/C23H19N3O2/c1-4-19-21(24-2)20(22(23(27)28)26(19)3)15-10-8-14(9-11-15)16-6-5-7-18-17(16)12-13-25-18/h5-13,25H,4H2,1,3H3,(H,27,28). The second-order valence-electron chi connectivity index (χ2n) is 6.67. The number of aromatic amines is 1. The number of nitrogens with one attached hydrogen (secondary N) is 1. The predicted octanol–water partition coefficient (Wildman–Crippen LogP) is 5.65. The molecule has 5 nitrogen and oxygen atoms in total. The molecular weight excluding hydrogens is 350 g/mol. The zero-order valence-corrected chi connectivity index (χ0v) is 15.7. The van der Waals surface area contributed by atoms with Crippen molar-refractivity contribution in [2.45, 2.75) is 13.3 Å². The maximum absolute atomic E-state index is 11.9. The molecular formula is C23H19N3O2. The zero-order chi connectivity index (χ0) is 19.8. The van der Waals surface area contributed by atoms with E-state index < -0.39 is 5.97 Å². The van der Waals surface area contributed by atoms with E-state index in [1.807, 2.05) is 55.6 Å². The smallest absolute Gasteiger partial charge is 0.351 e. The minimum absolute atomic E-state index is 0.156. The van der Waals surface area contributed by atoms with Crippen LogP contribution in [-0.4, -0.2) is 20.6 Å². The molecule has 5 heteroatoms. The van der Waals surface area contributed by atoms with Crippen molar-refractivity contribution >= 4 is 22.6 Å². The summed E-state index contributed by atoms with van der Waals surface area (Å²) < 4.78 is 1.62. The first-order valence-corrected chi connectivity index (χ1v) is 9.06. The second-order valence-corrected chi connectivity index (χ2v) is 6.67. The van der Waals surface area contributed by atoms with Crippen LogP contribution < -0.4 is 0 Å². The Morgan fingerprint density at radius 2 is 1.86 bits per heavy atom. The Morgan fingerprint density at radius 3 is 2.50 bits per heavy atom. The van der Waals surface area contributed by atoms with Crippen LogP contribution >= 0.6 is 0 Å². The van der Waals surface area contributed by atoms with Gasteiger partial charge in [0.15, 0.2) is 0 Å². The highest BCUT2D eigenvalue weighted by Gasteiger charge is 2.25. The van der Waals surface area contributed by atoms with Gasteiger partial charge in [-0.05, 0) is 35.2 Å². The average Bonchev–Trinajstić information content (AvgIpc) is 3.29. The number of hydrogen-bond donors (Lipinski definition) is 2. The molecule has 4 aromatic rings. The molecule has 0 unspecified atom stereocenters. The van der Waals surface area contributed by atoms with Crippen LogP contribution in [0.15, 0.2) is 54.7 Å². The van der Waals surface area contributed by atoms with E-state index in [0.717, 1.165) is 33.3 Å². The third kappa shape index (κ3) is 2.58. The number of carboxylic acids is 1. The van der Waals surface area contributed by atoms with Gasteiger partial charge in [0.1, 0.15) is 5.69 Å². The van der Waals surface area contributed by atoms with Crippen molar-refractivity contribution in [3.63, 3.8) is 0 Å². The third-order valence-electron chi connectivity index (χ3n) is 5.22. The number of nitrogens with zero attached hydrogens (tertiary/aromatic N) is 2. The normalized spacial score (nSPS) is 10.9. The summed E-state index contributed by atoms with van der Waals surface area (Å²) in [5, 5.41) is 10.9. The molecule has 0 spiro atoms. The minimum atomic E-state index is -1.02. The molecule has 2 heterocycles. The van der Waals surface area contributed by atoms with Gasteiger partial charge < -0.3 is 14.7 Å². The molecule has 0 saturated heterocycles. The lowest BCUT2D eigenvalue weighted by Crippen LogP contribution is -2.07. The van der Waals surface area contributed by atoms with E-state index in [1.165, 1.54) is 0 Å². The highest BCUT2D eigenvalue weighted by Crippen LogP contribution is 2.40. The molecule has 0 aliphatic heterocycles. The molecule has 4 rings (SSSR count). The summed E-state index contributed by atoms with van der Waals surface area (Å²) >= 11 is 0. The molecule has 0 bridgehead atoms. The van der Waals surface area contributed by atoms with E-state index in [0.29, 0.717) is 17.7 Å². The SMILES string of the molecule is [C-]#[N+]c1c(-c2ccc(-c3cccc4[nH]ccc34)cc2)c(C(=O)O)n(C)c1CC. The highest BCUT2D eigenvalue weighted by molar-refractivity contribution is 6.01. The summed E-state index contributed by atoms with van der Waals surface area (Å²) in [6.07, 6.45) is 2.52. The number of hydrogen-bond acceptors (Lipinski definition) is 1. The van der Waals surface area contributed by atoms with Crippen molar-refractivity contribution in [2.24, 2.45) is 7.05 Å². The Kier molecular flexibility index (Phi) is 4.25. The van der Waals surface area contributed by atoms with Crippen LogP contribution in [0.1, 0.15) is 23.1 Å². The summed E-state index contributed by atoms with van der Waals surface area (Å²) in [5.41, 5.74) is 5.77. The molecule has 0 saturated carbocycles.